The maximum absolute atomic E-state index is 12.2. The number of carbonyl (C=O) groups is 2. The Kier molecular flexibility index (Phi) is 4.73. The van der Waals surface area contributed by atoms with E-state index in [9.17, 15) is 9.59 Å². The molecule has 5 nitrogen and oxygen atoms in total. The van der Waals surface area contributed by atoms with Gasteiger partial charge in [0.2, 0.25) is 0 Å². The minimum atomic E-state index is -1.03. The number of benzene rings is 2. The summed E-state index contributed by atoms with van der Waals surface area (Å²) in [7, 11) is 0. The van der Waals surface area contributed by atoms with E-state index >= 15 is 0 Å². The third kappa shape index (κ3) is 3.37. The monoisotopic (exact) mass is 451 g/mol. The van der Waals surface area contributed by atoms with Crippen LogP contribution in [0.3, 0.4) is 0 Å². The molecule has 0 aliphatic carbocycles. The second-order valence-electron chi connectivity index (χ2n) is 5.01. The molecule has 2 N–H and O–H groups in total. The number of rotatable bonds is 2. The van der Waals surface area contributed by atoms with Gasteiger partial charge in [-0.25, -0.2) is 9.59 Å². The first-order chi connectivity index (χ1) is 11.5. The van der Waals surface area contributed by atoms with Gasteiger partial charge in [0.1, 0.15) is 5.57 Å². The van der Waals surface area contributed by atoms with Gasteiger partial charge in [-0.3, -0.25) is 0 Å². The number of nitrogens with two attached hydrogens (primary N) is 1. The Labute approximate surface area is 154 Å². The van der Waals surface area contributed by atoms with Crippen molar-refractivity contribution < 1.29 is 19.1 Å². The lowest BCUT2D eigenvalue weighted by atomic mass is 10.1. The SMILES string of the molecule is Nc1c(Br)cc(C=C2C(=O)OC(c3ccccc3)OC2=O)cc1Br. The highest BCUT2D eigenvalue weighted by molar-refractivity contribution is 9.11. The minimum Gasteiger partial charge on any atom is -0.417 e. The number of halogens is 2. The Morgan fingerprint density at radius 2 is 1.50 bits per heavy atom. The number of nitrogen functional groups attached to an aromatic ring is 1. The van der Waals surface area contributed by atoms with Crippen molar-refractivity contribution in [3.63, 3.8) is 0 Å². The number of ether oxygens (including phenoxy) is 2. The number of cyclic esters (lactones) is 2. The molecule has 122 valence electrons. The molecule has 0 amide bonds. The molecule has 24 heavy (non-hydrogen) atoms. The third-order valence-corrected chi connectivity index (χ3v) is 4.66. The highest BCUT2D eigenvalue weighted by Crippen LogP contribution is 2.32. The van der Waals surface area contributed by atoms with Crippen molar-refractivity contribution in [2.75, 3.05) is 5.73 Å². The first-order valence-corrected chi connectivity index (χ1v) is 8.47. The van der Waals surface area contributed by atoms with E-state index in [1.807, 2.05) is 6.07 Å². The quantitative estimate of drug-likeness (QED) is 0.322. The van der Waals surface area contributed by atoms with Crippen LogP contribution in [0.15, 0.2) is 57.0 Å². The van der Waals surface area contributed by atoms with E-state index in [0.29, 0.717) is 25.8 Å². The second-order valence-corrected chi connectivity index (χ2v) is 6.72. The van der Waals surface area contributed by atoms with Gasteiger partial charge in [-0.05, 0) is 55.6 Å². The molecule has 1 aliphatic rings. The van der Waals surface area contributed by atoms with Crippen molar-refractivity contribution in [2.24, 2.45) is 0 Å². The molecule has 1 aliphatic heterocycles. The smallest absolute Gasteiger partial charge is 0.348 e. The first kappa shape index (κ1) is 16.7. The van der Waals surface area contributed by atoms with E-state index in [-0.39, 0.29) is 5.57 Å². The molecule has 0 atom stereocenters. The first-order valence-electron chi connectivity index (χ1n) is 6.89. The molecular formula is C17H11Br2NO4. The lowest BCUT2D eigenvalue weighted by Gasteiger charge is -2.24. The van der Waals surface area contributed by atoms with Gasteiger partial charge >= 0.3 is 11.9 Å². The van der Waals surface area contributed by atoms with Crippen LogP contribution < -0.4 is 5.73 Å². The number of anilines is 1. The van der Waals surface area contributed by atoms with Gasteiger partial charge in [0.25, 0.3) is 6.29 Å². The average molecular weight is 453 g/mol. The van der Waals surface area contributed by atoms with Gasteiger partial charge in [0.05, 0.1) is 5.69 Å². The van der Waals surface area contributed by atoms with E-state index < -0.39 is 18.2 Å². The fourth-order valence-corrected chi connectivity index (χ4v) is 3.37. The van der Waals surface area contributed by atoms with Gasteiger partial charge in [0, 0.05) is 14.5 Å². The van der Waals surface area contributed by atoms with Crippen molar-refractivity contribution in [3.8, 4) is 0 Å². The molecule has 2 aromatic rings. The minimum absolute atomic E-state index is 0.175. The van der Waals surface area contributed by atoms with Crippen molar-refractivity contribution in [1.29, 1.82) is 0 Å². The van der Waals surface area contributed by atoms with Crippen LogP contribution in [0.1, 0.15) is 17.4 Å². The van der Waals surface area contributed by atoms with E-state index in [1.54, 1.807) is 36.4 Å². The Morgan fingerprint density at radius 1 is 0.958 bits per heavy atom. The topological polar surface area (TPSA) is 78.6 Å². The summed E-state index contributed by atoms with van der Waals surface area (Å²) in [5, 5.41) is 0. The molecule has 0 spiro atoms. The maximum atomic E-state index is 12.2. The summed E-state index contributed by atoms with van der Waals surface area (Å²) in [5.74, 6) is -1.46. The van der Waals surface area contributed by atoms with Crippen molar-refractivity contribution in [2.45, 2.75) is 6.29 Å². The van der Waals surface area contributed by atoms with Gasteiger partial charge < -0.3 is 15.2 Å². The van der Waals surface area contributed by atoms with Gasteiger partial charge in [-0.15, -0.1) is 0 Å². The van der Waals surface area contributed by atoms with Crippen molar-refractivity contribution in [3.05, 3.63) is 68.1 Å². The third-order valence-electron chi connectivity index (χ3n) is 3.35. The fraction of sp³-hybridized carbons (Fsp3) is 0.0588. The van der Waals surface area contributed by atoms with Crippen LogP contribution in [0.25, 0.3) is 6.08 Å². The average Bonchev–Trinajstić information content (AvgIpc) is 2.56. The molecule has 0 aromatic heterocycles. The summed E-state index contributed by atoms with van der Waals surface area (Å²) in [6.45, 7) is 0. The van der Waals surface area contributed by atoms with E-state index in [4.69, 9.17) is 15.2 Å². The van der Waals surface area contributed by atoms with Crippen LogP contribution in [-0.4, -0.2) is 11.9 Å². The zero-order valence-electron chi connectivity index (χ0n) is 12.2. The molecule has 3 rings (SSSR count). The number of esters is 2. The predicted octanol–water partition coefficient (Wildman–Crippen LogP) is 3.98. The van der Waals surface area contributed by atoms with Crippen LogP contribution in [0.5, 0.6) is 0 Å². The zero-order chi connectivity index (χ0) is 17.3. The molecule has 7 heteroatoms. The lowest BCUT2D eigenvalue weighted by Crippen LogP contribution is -2.29. The summed E-state index contributed by atoms with van der Waals surface area (Å²) in [4.78, 5) is 24.4. The molecule has 0 saturated carbocycles. The van der Waals surface area contributed by atoms with Crippen LogP contribution in [0.4, 0.5) is 5.69 Å². The zero-order valence-corrected chi connectivity index (χ0v) is 15.3. The molecule has 0 bridgehead atoms. The van der Waals surface area contributed by atoms with Crippen molar-refractivity contribution >= 4 is 55.6 Å². The molecule has 2 aromatic carbocycles. The lowest BCUT2D eigenvalue weighted by molar-refractivity contribution is -0.195. The fourth-order valence-electron chi connectivity index (χ4n) is 2.15. The number of hydrogen-bond donors (Lipinski definition) is 1. The summed E-state index contributed by atoms with van der Waals surface area (Å²) in [6.07, 6.45) is 0.370. The van der Waals surface area contributed by atoms with Crippen molar-refractivity contribution in [1.82, 2.24) is 0 Å². The van der Waals surface area contributed by atoms with Gasteiger partial charge in [0.15, 0.2) is 0 Å². The Balaban J connectivity index is 1.88. The normalized spacial score (nSPS) is 17.2. The Hall–Kier alpha value is -2.12. The summed E-state index contributed by atoms with van der Waals surface area (Å²) >= 11 is 6.63. The number of carbonyl (C=O) groups excluding carboxylic acids is 2. The van der Waals surface area contributed by atoms with E-state index in [1.165, 1.54) is 6.08 Å². The standard InChI is InChI=1S/C17H11Br2NO4/c18-12-7-9(8-13(19)14(12)20)6-11-15(21)23-17(24-16(11)22)10-4-2-1-3-5-10/h1-8,17H,20H2. The van der Waals surface area contributed by atoms with E-state index in [0.717, 1.165) is 0 Å². The molecule has 1 saturated heterocycles. The largest absolute Gasteiger partial charge is 0.417 e. The predicted molar refractivity (Wildman–Crippen MR) is 95.6 cm³/mol. The highest BCUT2D eigenvalue weighted by Gasteiger charge is 2.34. The molecule has 1 heterocycles. The number of hydrogen-bond acceptors (Lipinski definition) is 5. The molecule has 1 fully saturated rings. The van der Waals surface area contributed by atoms with Crippen LogP contribution in [0, 0.1) is 0 Å². The maximum Gasteiger partial charge on any atom is 0.348 e. The van der Waals surface area contributed by atoms with Crippen LogP contribution in [0.2, 0.25) is 0 Å². The molecular weight excluding hydrogens is 442 g/mol. The summed E-state index contributed by atoms with van der Waals surface area (Å²) in [6, 6.07) is 12.2. The van der Waals surface area contributed by atoms with Gasteiger partial charge in [-0.2, -0.15) is 0 Å². The molecule has 0 radical (unpaired) electrons. The second kappa shape index (κ2) is 6.78. The molecule has 0 unspecified atom stereocenters. The Morgan fingerprint density at radius 3 is 2.04 bits per heavy atom. The highest BCUT2D eigenvalue weighted by atomic mass is 79.9. The van der Waals surface area contributed by atoms with E-state index in [2.05, 4.69) is 31.9 Å². The summed E-state index contributed by atoms with van der Waals surface area (Å²) < 4.78 is 11.7. The summed E-state index contributed by atoms with van der Waals surface area (Å²) in [5.41, 5.74) is 7.37. The Bertz CT molecular complexity index is 806. The van der Waals surface area contributed by atoms with Crippen LogP contribution in [-0.2, 0) is 19.1 Å². The van der Waals surface area contributed by atoms with Gasteiger partial charge in [-0.1, -0.05) is 30.3 Å². The van der Waals surface area contributed by atoms with Crippen LogP contribution >= 0.6 is 31.9 Å².